The SMILES string of the molecule is O=C(OCC1CCOCC1)C1(C(F)(F)F)CCNC1. The summed E-state index contributed by atoms with van der Waals surface area (Å²) in [5.74, 6) is -1.03. The lowest BCUT2D eigenvalue weighted by molar-refractivity contribution is -0.230. The van der Waals surface area contributed by atoms with Gasteiger partial charge in [-0.2, -0.15) is 13.2 Å². The number of hydrogen-bond donors (Lipinski definition) is 1. The van der Waals surface area contributed by atoms with Gasteiger partial charge in [-0.15, -0.1) is 0 Å². The summed E-state index contributed by atoms with van der Waals surface area (Å²) >= 11 is 0. The van der Waals surface area contributed by atoms with Crippen molar-refractivity contribution in [2.45, 2.75) is 25.4 Å². The Balaban J connectivity index is 1.93. The van der Waals surface area contributed by atoms with Crippen molar-refractivity contribution >= 4 is 5.97 Å². The van der Waals surface area contributed by atoms with E-state index in [1.807, 2.05) is 0 Å². The normalized spacial score (nSPS) is 29.4. The second-order valence-corrected chi connectivity index (χ2v) is 5.16. The fourth-order valence-electron chi connectivity index (χ4n) is 2.47. The van der Waals surface area contributed by atoms with Crippen LogP contribution in [0.25, 0.3) is 0 Å². The summed E-state index contributed by atoms with van der Waals surface area (Å²) < 4.78 is 49.3. The fraction of sp³-hybridized carbons (Fsp3) is 0.917. The average molecular weight is 281 g/mol. The van der Waals surface area contributed by atoms with Gasteiger partial charge in [0.05, 0.1) is 6.61 Å². The highest BCUT2D eigenvalue weighted by Gasteiger charge is 2.62. The summed E-state index contributed by atoms with van der Waals surface area (Å²) in [6.07, 6.45) is -3.36. The summed E-state index contributed by atoms with van der Waals surface area (Å²) in [4.78, 5) is 11.8. The quantitative estimate of drug-likeness (QED) is 0.796. The Morgan fingerprint density at radius 2 is 2.05 bits per heavy atom. The molecular formula is C12H18F3NO3. The van der Waals surface area contributed by atoms with Gasteiger partial charge in [0.25, 0.3) is 0 Å². The van der Waals surface area contributed by atoms with Crippen molar-refractivity contribution in [2.24, 2.45) is 11.3 Å². The van der Waals surface area contributed by atoms with E-state index in [1.54, 1.807) is 0 Å². The molecule has 0 radical (unpaired) electrons. The van der Waals surface area contributed by atoms with E-state index in [-0.39, 0.29) is 32.0 Å². The van der Waals surface area contributed by atoms with E-state index in [0.717, 1.165) is 12.8 Å². The Hall–Kier alpha value is -0.820. The van der Waals surface area contributed by atoms with Gasteiger partial charge in [0.1, 0.15) is 0 Å². The number of hydrogen-bond acceptors (Lipinski definition) is 4. The van der Waals surface area contributed by atoms with Gasteiger partial charge in [0.2, 0.25) is 0 Å². The van der Waals surface area contributed by atoms with Crippen LogP contribution in [0.2, 0.25) is 0 Å². The summed E-state index contributed by atoms with van der Waals surface area (Å²) in [6, 6.07) is 0. The second kappa shape index (κ2) is 5.66. The van der Waals surface area contributed by atoms with Crippen LogP contribution in [0.4, 0.5) is 13.2 Å². The minimum Gasteiger partial charge on any atom is -0.465 e. The highest BCUT2D eigenvalue weighted by atomic mass is 19.4. The summed E-state index contributed by atoms with van der Waals surface area (Å²) in [5.41, 5.74) is -2.36. The molecule has 19 heavy (non-hydrogen) atoms. The zero-order valence-electron chi connectivity index (χ0n) is 10.6. The minimum atomic E-state index is -4.57. The maximum Gasteiger partial charge on any atom is 0.406 e. The van der Waals surface area contributed by atoms with Crippen molar-refractivity contribution in [3.63, 3.8) is 0 Å². The molecule has 0 aromatic carbocycles. The number of carbonyl (C=O) groups is 1. The number of nitrogens with one attached hydrogen (secondary N) is 1. The van der Waals surface area contributed by atoms with Crippen LogP contribution in [0.15, 0.2) is 0 Å². The molecular weight excluding hydrogens is 263 g/mol. The number of alkyl halides is 3. The number of carbonyl (C=O) groups excluding carboxylic acids is 1. The van der Waals surface area contributed by atoms with E-state index in [9.17, 15) is 18.0 Å². The predicted molar refractivity (Wildman–Crippen MR) is 60.5 cm³/mol. The van der Waals surface area contributed by atoms with Crippen LogP contribution >= 0.6 is 0 Å². The van der Waals surface area contributed by atoms with Crippen molar-refractivity contribution in [3.05, 3.63) is 0 Å². The lowest BCUT2D eigenvalue weighted by Gasteiger charge is -2.29. The molecule has 0 amide bonds. The molecule has 1 N–H and O–H groups in total. The molecule has 2 aliphatic rings. The van der Waals surface area contributed by atoms with Crippen LogP contribution < -0.4 is 5.32 Å². The summed E-state index contributed by atoms with van der Waals surface area (Å²) in [5, 5.41) is 2.60. The first-order valence-corrected chi connectivity index (χ1v) is 6.48. The Bertz CT molecular complexity index is 321. The van der Waals surface area contributed by atoms with E-state index >= 15 is 0 Å². The first-order valence-electron chi connectivity index (χ1n) is 6.48. The molecule has 1 unspecified atom stereocenters. The molecule has 2 heterocycles. The predicted octanol–water partition coefficient (Wildman–Crippen LogP) is 1.50. The molecule has 4 nitrogen and oxygen atoms in total. The second-order valence-electron chi connectivity index (χ2n) is 5.16. The third kappa shape index (κ3) is 3.02. The van der Waals surface area contributed by atoms with Gasteiger partial charge in [-0.25, -0.2) is 0 Å². The van der Waals surface area contributed by atoms with E-state index < -0.39 is 17.6 Å². The highest BCUT2D eigenvalue weighted by Crippen LogP contribution is 2.44. The minimum absolute atomic E-state index is 0.0556. The maximum atomic E-state index is 13.1. The number of esters is 1. The zero-order chi connectivity index (χ0) is 13.9. The van der Waals surface area contributed by atoms with Crippen LogP contribution in [0.1, 0.15) is 19.3 Å². The lowest BCUT2D eigenvalue weighted by atomic mass is 9.86. The zero-order valence-corrected chi connectivity index (χ0v) is 10.6. The van der Waals surface area contributed by atoms with Crippen molar-refractivity contribution in [3.8, 4) is 0 Å². The third-order valence-electron chi connectivity index (χ3n) is 3.88. The van der Waals surface area contributed by atoms with Crippen molar-refractivity contribution in [1.82, 2.24) is 5.32 Å². The number of ether oxygens (including phenoxy) is 2. The van der Waals surface area contributed by atoms with Gasteiger partial charge in [0.15, 0.2) is 5.41 Å². The molecule has 0 bridgehead atoms. The average Bonchev–Trinajstić information content (AvgIpc) is 2.87. The molecule has 0 spiro atoms. The van der Waals surface area contributed by atoms with Gasteiger partial charge < -0.3 is 14.8 Å². The summed E-state index contributed by atoms with van der Waals surface area (Å²) in [7, 11) is 0. The maximum absolute atomic E-state index is 13.1. The van der Waals surface area contributed by atoms with Crippen molar-refractivity contribution < 1.29 is 27.4 Å². The molecule has 2 rings (SSSR count). The van der Waals surface area contributed by atoms with Crippen LogP contribution in [-0.4, -0.2) is 45.1 Å². The van der Waals surface area contributed by atoms with E-state index in [0.29, 0.717) is 13.2 Å². The topological polar surface area (TPSA) is 47.6 Å². The Morgan fingerprint density at radius 3 is 2.58 bits per heavy atom. The smallest absolute Gasteiger partial charge is 0.406 e. The third-order valence-corrected chi connectivity index (χ3v) is 3.88. The monoisotopic (exact) mass is 281 g/mol. The largest absolute Gasteiger partial charge is 0.465 e. The van der Waals surface area contributed by atoms with Crippen LogP contribution in [-0.2, 0) is 14.3 Å². The number of rotatable bonds is 3. The highest BCUT2D eigenvalue weighted by molar-refractivity contribution is 5.78. The molecule has 0 aliphatic carbocycles. The molecule has 0 saturated carbocycles. The first-order chi connectivity index (χ1) is 8.96. The van der Waals surface area contributed by atoms with Gasteiger partial charge in [-0.3, -0.25) is 4.79 Å². The molecule has 0 aromatic heterocycles. The molecule has 0 aromatic rings. The lowest BCUT2D eigenvalue weighted by Crippen LogP contribution is -2.48. The Kier molecular flexibility index (Phi) is 4.35. The van der Waals surface area contributed by atoms with E-state index in [4.69, 9.17) is 9.47 Å². The van der Waals surface area contributed by atoms with Gasteiger partial charge in [-0.1, -0.05) is 0 Å². The van der Waals surface area contributed by atoms with E-state index in [2.05, 4.69) is 5.32 Å². The molecule has 2 fully saturated rings. The van der Waals surface area contributed by atoms with Crippen molar-refractivity contribution in [2.75, 3.05) is 32.9 Å². The number of halogens is 3. The van der Waals surface area contributed by atoms with Crippen LogP contribution in [0.3, 0.4) is 0 Å². The van der Waals surface area contributed by atoms with Crippen LogP contribution in [0.5, 0.6) is 0 Å². The van der Waals surface area contributed by atoms with E-state index in [1.165, 1.54) is 0 Å². The Labute approximate surface area is 109 Å². The molecule has 2 aliphatic heterocycles. The standard InChI is InChI=1S/C12H18F3NO3/c13-12(14,15)11(3-4-16-8-11)10(17)19-7-9-1-5-18-6-2-9/h9,16H,1-8H2. The van der Waals surface area contributed by atoms with Crippen molar-refractivity contribution in [1.29, 1.82) is 0 Å². The molecule has 1 atom stereocenters. The molecule has 110 valence electrons. The molecule has 2 saturated heterocycles. The van der Waals surface area contributed by atoms with Gasteiger partial charge >= 0.3 is 12.1 Å². The molecule has 7 heteroatoms. The summed E-state index contributed by atoms with van der Waals surface area (Å²) in [6.45, 7) is 1.01. The van der Waals surface area contributed by atoms with Gasteiger partial charge in [0, 0.05) is 19.8 Å². The first kappa shape index (κ1) is 14.6. The fourth-order valence-corrected chi connectivity index (χ4v) is 2.47. The van der Waals surface area contributed by atoms with Gasteiger partial charge in [-0.05, 0) is 31.7 Å². The Morgan fingerprint density at radius 1 is 1.37 bits per heavy atom. The van der Waals surface area contributed by atoms with Crippen LogP contribution in [0, 0.1) is 11.3 Å².